The number of nitrogens with zero attached hydrogens (tertiary/aromatic N) is 1. The number of aromatic nitrogens is 2. The number of hydrogen-bond acceptors (Lipinski definition) is 1. The van der Waals surface area contributed by atoms with Crippen molar-refractivity contribution in [2.24, 2.45) is 0 Å². The van der Waals surface area contributed by atoms with Crippen molar-refractivity contribution in [2.75, 3.05) is 0 Å². The fourth-order valence-electron chi connectivity index (χ4n) is 0.874. The molecule has 1 heterocycles. The number of fused-ring (bicyclic) bond motifs is 1. The van der Waals surface area contributed by atoms with E-state index in [1.807, 2.05) is 24.3 Å². The van der Waals surface area contributed by atoms with Gasteiger partial charge in [-0.1, -0.05) is 12.1 Å². The fraction of sp³-hybridized carbons (Fsp3) is 0. The summed E-state index contributed by atoms with van der Waals surface area (Å²) in [6, 6.07) is 7.54. The third kappa shape index (κ3) is 0.455. The van der Waals surface area contributed by atoms with Gasteiger partial charge in [0, 0.05) is 0 Å². The molecule has 9 heavy (non-hydrogen) atoms. The Morgan fingerprint density at radius 2 is 2.11 bits per heavy atom. The number of aromatic amines is 1. The molecule has 0 radical (unpaired) electrons. The van der Waals surface area contributed by atoms with Gasteiger partial charge in [-0.2, -0.15) is 0 Å². The molecule has 0 fully saturated rings. The summed E-state index contributed by atoms with van der Waals surface area (Å²) < 4.78 is 0. The second kappa shape index (κ2) is 1.31. The van der Waals surface area contributed by atoms with Crippen LogP contribution >= 0.6 is 0 Å². The highest BCUT2D eigenvalue weighted by Crippen LogP contribution is 2.10. The second-order valence-electron chi connectivity index (χ2n) is 1.94. The van der Waals surface area contributed by atoms with Gasteiger partial charge >= 0.3 is 0 Å². The lowest BCUT2D eigenvalue weighted by Gasteiger charge is -2.07. The highest BCUT2D eigenvalue weighted by atomic mass is 16.5. The molecule has 0 saturated carbocycles. The van der Waals surface area contributed by atoms with Gasteiger partial charge in [0.05, 0.1) is 5.52 Å². The molecule has 0 aliphatic heterocycles. The van der Waals surface area contributed by atoms with E-state index < -0.39 is 0 Å². The van der Waals surface area contributed by atoms with E-state index >= 15 is 0 Å². The van der Waals surface area contributed by atoms with Crippen molar-refractivity contribution >= 4 is 11.0 Å². The third-order valence-corrected chi connectivity index (χ3v) is 1.36. The van der Waals surface area contributed by atoms with Crippen LogP contribution in [0.3, 0.4) is 0 Å². The van der Waals surface area contributed by atoms with Crippen molar-refractivity contribution < 1.29 is 5.21 Å². The van der Waals surface area contributed by atoms with Crippen LogP contribution in [0.5, 0.6) is 0 Å². The monoisotopic (exact) mass is 122 g/mol. The summed E-state index contributed by atoms with van der Waals surface area (Å²) in [5.74, 6) is 0. The van der Waals surface area contributed by atoms with Gasteiger partial charge in [0.1, 0.15) is 5.52 Å². The maximum absolute atomic E-state index is 8.82. The van der Waals surface area contributed by atoms with E-state index in [0.29, 0.717) is 0 Å². The first-order valence-electron chi connectivity index (χ1n) is 2.72. The van der Waals surface area contributed by atoms with Crippen LogP contribution < -0.4 is 0 Å². The highest BCUT2D eigenvalue weighted by Gasteiger charge is 1.98. The van der Waals surface area contributed by atoms with E-state index in [1.165, 1.54) is 0 Å². The molecule has 0 spiro atoms. The molecule has 3 nitrogen and oxygen atoms in total. The highest BCUT2D eigenvalue weighted by molar-refractivity contribution is 5.76. The lowest BCUT2D eigenvalue weighted by Crippen LogP contribution is -2.05. The van der Waals surface area contributed by atoms with Crippen molar-refractivity contribution in [2.45, 2.75) is 0 Å². The summed E-state index contributed by atoms with van der Waals surface area (Å²) in [5, 5.41) is 11.5. The molecule has 1 aromatic heterocycles. The Bertz CT molecular complexity index is 320. The van der Waals surface area contributed by atoms with E-state index in [9.17, 15) is 0 Å². The Morgan fingerprint density at radius 3 is 2.67 bits per heavy atom. The summed E-state index contributed by atoms with van der Waals surface area (Å²) in [4.78, 5) is 0.995. The maximum atomic E-state index is 8.82. The van der Waals surface area contributed by atoms with Gasteiger partial charge in [-0.05, 0) is 12.1 Å². The van der Waals surface area contributed by atoms with E-state index in [1.54, 1.807) is 0 Å². The lowest BCUT2D eigenvalue weighted by atomic mass is 10.3. The Kier molecular flexibility index (Phi) is 0.656. The van der Waals surface area contributed by atoms with Gasteiger partial charge in [-0.25, -0.2) is 0 Å². The first-order chi connectivity index (χ1) is 4.38. The average molecular weight is 122 g/mol. The van der Waals surface area contributed by atoms with Gasteiger partial charge in [0.25, 0.3) is 0 Å². The Balaban J connectivity index is 2.81. The lowest BCUT2D eigenvalue weighted by molar-refractivity contribution is 0.152. The zero-order chi connectivity index (χ0) is 6.27. The van der Waals surface area contributed by atoms with Crippen molar-refractivity contribution in [1.82, 2.24) is 9.94 Å². The first kappa shape index (κ1) is 4.49. The molecule has 0 aliphatic carbocycles. The number of H-pyrrole nitrogens is 1. The van der Waals surface area contributed by atoms with Crippen LogP contribution in [-0.4, -0.2) is 15.2 Å². The molecule has 0 unspecified atom stereocenters. The summed E-state index contributed by atoms with van der Waals surface area (Å²) in [7, 11) is 0. The van der Waals surface area contributed by atoms with Crippen LogP contribution in [0.2, 0.25) is 0 Å². The van der Waals surface area contributed by atoms with Crippen LogP contribution in [-0.2, 0) is 0 Å². The molecule has 1 aromatic carbocycles. The van der Waals surface area contributed by atoms with E-state index in [0.717, 1.165) is 15.9 Å². The minimum absolute atomic E-state index is 0.831. The van der Waals surface area contributed by atoms with Crippen LogP contribution in [0.25, 0.3) is 11.0 Å². The molecule has 46 valence electrons. The zero-order valence-electron chi connectivity index (χ0n) is 4.70. The van der Waals surface area contributed by atoms with Crippen molar-refractivity contribution in [3.8, 4) is 0 Å². The molecule has 0 atom stereocenters. The molecule has 0 amide bonds. The van der Waals surface area contributed by atoms with Gasteiger partial charge in [0.15, 0.2) is 0 Å². The van der Waals surface area contributed by atoms with Gasteiger partial charge < -0.3 is 5.21 Å². The molecule has 0 bridgehead atoms. The van der Waals surface area contributed by atoms with Crippen LogP contribution in [0.1, 0.15) is 0 Å². The Labute approximate surface area is 51.5 Å². The Hall–Kier alpha value is -1.38. The largest absolute Gasteiger partial charge is 0.413 e. The summed E-state index contributed by atoms with van der Waals surface area (Å²) in [6.45, 7) is 0. The number of nitrogens with one attached hydrogen (secondary N) is 1. The molecular formula is C6H6N2O. The normalized spacial score (nSPS) is 10.7. The molecule has 2 rings (SSSR count). The predicted molar refractivity (Wildman–Crippen MR) is 33.5 cm³/mol. The van der Waals surface area contributed by atoms with Gasteiger partial charge in [0.2, 0.25) is 0 Å². The van der Waals surface area contributed by atoms with E-state index in [-0.39, 0.29) is 0 Å². The van der Waals surface area contributed by atoms with Crippen LogP contribution in [0.4, 0.5) is 0 Å². The molecule has 3 heteroatoms. The SMILES string of the molecule is On1[nH]c2ccccc21. The second-order valence-corrected chi connectivity index (χ2v) is 1.94. The average Bonchev–Trinajstić information content (AvgIpc) is 1.86. The minimum atomic E-state index is 0.831. The number of benzene rings is 1. The maximum Gasteiger partial charge on any atom is 0.124 e. The number of rotatable bonds is 0. The first-order valence-corrected chi connectivity index (χ1v) is 2.72. The summed E-state index contributed by atoms with van der Waals surface area (Å²) in [6.07, 6.45) is 0. The summed E-state index contributed by atoms with van der Waals surface area (Å²) in [5.41, 5.74) is 1.80. The van der Waals surface area contributed by atoms with Gasteiger partial charge in [-0.15, -0.1) is 4.85 Å². The standard InChI is InChI=1S/C6H6N2O/c9-8-6-4-2-1-3-5(6)7-8/h1-4,7,9H. The minimum Gasteiger partial charge on any atom is -0.413 e. The molecule has 0 saturated heterocycles. The smallest absolute Gasteiger partial charge is 0.124 e. The Morgan fingerprint density at radius 1 is 1.33 bits per heavy atom. The summed E-state index contributed by atoms with van der Waals surface area (Å²) >= 11 is 0. The molecule has 2 aromatic rings. The van der Waals surface area contributed by atoms with E-state index in [2.05, 4.69) is 5.10 Å². The number of hydrogen-bond donors (Lipinski definition) is 2. The predicted octanol–water partition coefficient (Wildman–Crippen LogP) is 1.21. The topological polar surface area (TPSA) is 41.0 Å². The van der Waals surface area contributed by atoms with Crippen molar-refractivity contribution in [3.05, 3.63) is 24.3 Å². The molecule has 2 N–H and O–H groups in total. The number of para-hydroxylation sites is 2. The van der Waals surface area contributed by atoms with E-state index in [4.69, 9.17) is 5.21 Å². The van der Waals surface area contributed by atoms with Crippen LogP contribution in [0, 0.1) is 0 Å². The quantitative estimate of drug-likeness (QED) is 0.506. The van der Waals surface area contributed by atoms with Gasteiger partial charge in [-0.3, -0.25) is 5.10 Å². The fourth-order valence-corrected chi connectivity index (χ4v) is 0.874. The molecular weight excluding hydrogens is 116 g/mol. The molecule has 0 aliphatic rings. The van der Waals surface area contributed by atoms with Crippen molar-refractivity contribution in [3.63, 3.8) is 0 Å². The zero-order valence-corrected chi connectivity index (χ0v) is 4.70. The van der Waals surface area contributed by atoms with Crippen LogP contribution in [0.15, 0.2) is 24.3 Å². The van der Waals surface area contributed by atoms with Crippen molar-refractivity contribution in [1.29, 1.82) is 0 Å². The third-order valence-electron chi connectivity index (χ3n) is 1.36.